The summed E-state index contributed by atoms with van der Waals surface area (Å²) in [5.74, 6) is 0.718. The Morgan fingerprint density at radius 1 is 1.75 bits per heavy atom. The fraction of sp³-hybridized carbons (Fsp3) is 0.625. The van der Waals surface area contributed by atoms with Gasteiger partial charge in [0.2, 0.25) is 0 Å². The number of hydrogen-bond donors (Lipinski definition) is 2. The molecular weight excluding hydrogens is 174 g/mol. The topological polar surface area (TPSA) is 63.3 Å². The van der Waals surface area contributed by atoms with Gasteiger partial charge in [-0.1, -0.05) is 13.0 Å². The molecule has 0 amide bonds. The van der Waals surface area contributed by atoms with E-state index >= 15 is 0 Å². The van der Waals surface area contributed by atoms with Gasteiger partial charge < -0.3 is 10.8 Å². The van der Waals surface area contributed by atoms with Gasteiger partial charge in [0.25, 0.3) is 0 Å². The molecule has 0 bridgehead atoms. The minimum absolute atomic E-state index is 0.230. The standard InChI is InChI=1S/C8H15NO2S/c1-2-7(9)6-12-5-3-4-8(10)11/h3-4,7H,2,5-6,9H2,1H3,(H,10,11)/b4-3+. The Morgan fingerprint density at radius 3 is 2.92 bits per heavy atom. The molecule has 1 atom stereocenters. The van der Waals surface area contributed by atoms with Gasteiger partial charge in [-0.15, -0.1) is 0 Å². The highest BCUT2D eigenvalue weighted by molar-refractivity contribution is 7.99. The maximum absolute atomic E-state index is 10.0. The van der Waals surface area contributed by atoms with Gasteiger partial charge in [0.05, 0.1) is 0 Å². The molecule has 0 saturated heterocycles. The average Bonchev–Trinajstić information content (AvgIpc) is 2.03. The molecule has 12 heavy (non-hydrogen) atoms. The first-order valence-electron chi connectivity index (χ1n) is 3.89. The quantitative estimate of drug-likeness (QED) is 0.485. The zero-order chi connectivity index (χ0) is 9.40. The lowest BCUT2D eigenvalue weighted by atomic mass is 10.3. The van der Waals surface area contributed by atoms with Crippen LogP contribution in [-0.4, -0.2) is 28.6 Å². The Balaban J connectivity index is 3.26. The van der Waals surface area contributed by atoms with Crippen molar-refractivity contribution in [1.82, 2.24) is 0 Å². The van der Waals surface area contributed by atoms with Gasteiger partial charge in [-0.2, -0.15) is 11.8 Å². The van der Waals surface area contributed by atoms with Crippen molar-refractivity contribution in [3.63, 3.8) is 0 Å². The van der Waals surface area contributed by atoms with Crippen LogP contribution in [0.1, 0.15) is 13.3 Å². The van der Waals surface area contributed by atoms with Crippen molar-refractivity contribution >= 4 is 17.7 Å². The third kappa shape index (κ3) is 7.63. The van der Waals surface area contributed by atoms with Crippen molar-refractivity contribution in [3.8, 4) is 0 Å². The monoisotopic (exact) mass is 189 g/mol. The van der Waals surface area contributed by atoms with E-state index in [4.69, 9.17) is 10.8 Å². The Bertz CT molecular complexity index is 159. The maximum atomic E-state index is 10.0. The number of carboxylic acid groups (broad SMARTS) is 1. The summed E-state index contributed by atoms with van der Waals surface area (Å²) < 4.78 is 0. The number of hydrogen-bond acceptors (Lipinski definition) is 3. The summed E-state index contributed by atoms with van der Waals surface area (Å²) in [6.45, 7) is 2.04. The summed E-state index contributed by atoms with van der Waals surface area (Å²) in [5.41, 5.74) is 5.65. The van der Waals surface area contributed by atoms with Crippen LogP contribution in [0.3, 0.4) is 0 Å². The predicted molar refractivity (Wildman–Crippen MR) is 52.4 cm³/mol. The van der Waals surface area contributed by atoms with Crippen molar-refractivity contribution in [1.29, 1.82) is 0 Å². The molecule has 0 aromatic carbocycles. The van der Waals surface area contributed by atoms with Gasteiger partial charge in [0, 0.05) is 23.6 Å². The van der Waals surface area contributed by atoms with E-state index in [0.29, 0.717) is 0 Å². The fourth-order valence-electron chi connectivity index (χ4n) is 0.554. The lowest BCUT2D eigenvalue weighted by Gasteiger charge is -2.05. The molecule has 0 rings (SSSR count). The van der Waals surface area contributed by atoms with Crippen LogP contribution in [0, 0.1) is 0 Å². The second kappa shape index (κ2) is 7.18. The Morgan fingerprint density at radius 2 is 2.42 bits per heavy atom. The Labute approximate surface area is 77.0 Å². The molecule has 1 unspecified atom stereocenters. The number of aliphatic carboxylic acids is 1. The lowest BCUT2D eigenvalue weighted by Crippen LogP contribution is -2.21. The van der Waals surface area contributed by atoms with Crippen molar-refractivity contribution in [2.24, 2.45) is 5.73 Å². The molecule has 3 N–H and O–H groups in total. The largest absolute Gasteiger partial charge is 0.478 e. The molecule has 0 radical (unpaired) electrons. The third-order valence-electron chi connectivity index (χ3n) is 1.33. The summed E-state index contributed by atoms with van der Waals surface area (Å²) in [5, 5.41) is 8.25. The van der Waals surface area contributed by atoms with Gasteiger partial charge in [-0.3, -0.25) is 0 Å². The summed E-state index contributed by atoms with van der Waals surface area (Å²) in [4.78, 5) is 10.0. The Hall–Kier alpha value is -0.480. The highest BCUT2D eigenvalue weighted by Gasteiger charge is 1.96. The molecule has 0 spiro atoms. The van der Waals surface area contributed by atoms with Gasteiger partial charge in [0.1, 0.15) is 0 Å². The Kier molecular flexibility index (Phi) is 6.90. The van der Waals surface area contributed by atoms with Gasteiger partial charge in [-0.05, 0) is 6.42 Å². The van der Waals surface area contributed by atoms with E-state index in [9.17, 15) is 4.79 Å². The third-order valence-corrected chi connectivity index (χ3v) is 2.42. The van der Waals surface area contributed by atoms with E-state index in [2.05, 4.69) is 0 Å². The zero-order valence-corrected chi connectivity index (χ0v) is 8.01. The molecule has 0 aromatic rings. The number of rotatable bonds is 6. The van der Waals surface area contributed by atoms with Crippen molar-refractivity contribution in [3.05, 3.63) is 12.2 Å². The lowest BCUT2D eigenvalue weighted by molar-refractivity contribution is -0.131. The minimum Gasteiger partial charge on any atom is -0.478 e. The van der Waals surface area contributed by atoms with Crippen LogP contribution in [0.4, 0.5) is 0 Å². The molecule has 0 aliphatic heterocycles. The van der Waals surface area contributed by atoms with Crippen molar-refractivity contribution in [2.45, 2.75) is 19.4 Å². The van der Waals surface area contributed by atoms with Gasteiger partial charge in [0.15, 0.2) is 0 Å². The number of nitrogens with two attached hydrogens (primary N) is 1. The molecule has 0 aliphatic carbocycles. The summed E-state index contributed by atoms with van der Waals surface area (Å²) >= 11 is 1.65. The molecule has 0 fully saturated rings. The van der Waals surface area contributed by atoms with E-state index in [1.165, 1.54) is 0 Å². The molecule has 0 aromatic heterocycles. The second-order valence-corrected chi connectivity index (χ2v) is 3.52. The summed E-state index contributed by atoms with van der Waals surface area (Å²) in [6.07, 6.45) is 3.76. The highest BCUT2D eigenvalue weighted by atomic mass is 32.2. The second-order valence-electron chi connectivity index (χ2n) is 2.45. The van der Waals surface area contributed by atoms with Crippen LogP contribution in [0.5, 0.6) is 0 Å². The van der Waals surface area contributed by atoms with Crippen LogP contribution < -0.4 is 5.73 Å². The first-order chi connectivity index (χ1) is 5.66. The highest BCUT2D eigenvalue weighted by Crippen LogP contribution is 2.03. The SMILES string of the molecule is CCC(N)CSC/C=C/C(=O)O. The average molecular weight is 189 g/mol. The molecule has 0 heterocycles. The van der Waals surface area contributed by atoms with Crippen LogP contribution in [0.25, 0.3) is 0 Å². The summed E-state index contributed by atoms with van der Waals surface area (Å²) in [7, 11) is 0. The fourth-order valence-corrected chi connectivity index (χ4v) is 1.46. The van der Waals surface area contributed by atoms with Crippen LogP contribution in [-0.2, 0) is 4.79 Å². The first-order valence-corrected chi connectivity index (χ1v) is 5.05. The molecule has 0 aliphatic rings. The van der Waals surface area contributed by atoms with Crippen LogP contribution in [0.2, 0.25) is 0 Å². The minimum atomic E-state index is -0.893. The van der Waals surface area contributed by atoms with Gasteiger partial charge in [-0.25, -0.2) is 4.79 Å². The number of carbonyl (C=O) groups is 1. The van der Waals surface area contributed by atoms with E-state index in [-0.39, 0.29) is 6.04 Å². The van der Waals surface area contributed by atoms with Gasteiger partial charge >= 0.3 is 5.97 Å². The zero-order valence-electron chi connectivity index (χ0n) is 7.19. The van der Waals surface area contributed by atoms with E-state index < -0.39 is 5.97 Å². The molecule has 70 valence electrons. The van der Waals surface area contributed by atoms with E-state index in [1.54, 1.807) is 17.8 Å². The van der Waals surface area contributed by atoms with Crippen molar-refractivity contribution in [2.75, 3.05) is 11.5 Å². The number of thioether (sulfide) groups is 1. The maximum Gasteiger partial charge on any atom is 0.328 e. The molecule has 3 nitrogen and oxygen atoms in total. The van der Waals surface area contributed by atoms with Crippen molar-refractivity contribution < 1.29 is 9.90 Å². The molecule has 4 heteroatoms. The summed E-state index contributed by atoms with van der Waals surface area (Å²) in [6, 6.07) is 0.230. The van der Waals surface area contributed by atoms with Crippen LogP contribution in [0.15, 0.2) is 12.2 Å². The molecular formula is C8H15NO2S. The predicted octanol–water partition coefficient (Wildman–Crippen LogP) is 1.10. The first kappa shape index (κ1) is 11.5. The number of carboxylic acids is 1. The van der Waals surface area contributed by atoms with E-state index in [1.807, 2.05) is 6.92 Å². The van der Waals surface area contributed by atoms with Crippen LogP contribution >= 0.6 is 11.8 Å². The smallest absolute Gasteiger partial charge is 0.328 e. The van der Waals surface area contributed by atoms with E-state index in [0.717, 1.165) is 24.0 Å². The molecule has 0 saturated carbocycles. The normalized spacial score (nSPS) is 13.5.